The first kappa shape index (κ1) is 15.6. The van der Waals surface area contributed by atoms with Gasteiger partial charge >= 0.3 is 0 Å². The molecule has 1 aromatic heterocycles. The number of likely N-dealkylation sites (N-methyl/N-ethyl adjacent to an activating group) is 1. The number of nitrogens with zero attached hydrogens (tertiary/aromatic N) is 2. The molecular weight excluding hydrogens is 238 g/mol. The van der Waals surface area contributed by atoms with E-state index in [2.05, 4.69) is 18.8 Å². The van der Waals surface area contributed by atoms with Crippen molar-refractivity contribution in [1.29, 1.82) is 0 Å². The van der Waals surface area contributed by atoms with Gasteiger partial charge in [0, 0.05) is 32.5 Å². The Balaban J connectivity index is 2.47. The van der Waals surface area contributed by atoms with Crippen molar-refractivity contribution in [2.24, 2.45) is 17.6 Å². The van der Waals surface area contributed by atoms with Crippen molar-refractivity contribution in [1.82, 2.24) is 9.88 Å². The second-order valence-electron chi connectivity index (χ2n) is 5.43. The molecule has 0 fully saturated rings. The van der Waals surface area contributed by atoms with E-state index in [1.54, 1.807) is 17.3 Å². The molecule has 4 heteroatoms. The number of rotatable bonds is 7. The minimum absolute atomic E-state index is 0.0533. The van der Waals surface area contributed by atoms with Gasteiger partial charge in [-0.1, -0.05) is 13.8 Å². The van der Waals surface area contributed by atoms with Crippen molar-refractivity contribution in [2.75, 3.05) is 20.1 Å². The SMILES string of the molecule is CC(C)CC(CN)C(=O)N(C)CCc1ccncc1. The summed E-state index contributed by atoms with van der Waals surface area (Å²) in [6, 6.07) is 3.96. The molecule has 1 aromatic rings. The third-order valence-electron chi connectivity index (χ3n) is 3.25. The number of pyridine rings is 1. The second kappa shape index (κ2) is 7.89. The average molecular weight is 263 g/mol. The number of hydrogen-bond donors (Lipinski definition) is 1. The molecule has 19 heavy (non-hydrogen) atoms. The Hall–Kier alpha value is -1.42. The van der Waals surface area contributed by atoms with E-state index in [1.165, 1.54) is 5.56 Å². The lowest BCUT2D eigenvalue weighted by Gasteiger charge is -2.24. The second-order valence-corrected chi connectivity index (χ2v) is 5.43. The molecule has 0 bridgehead atoms. The Morgan fingerprint density at radius 1 is 1.37 bits per heavy atom. The van der Waals surface area contributed by atoms with Crippen LogP contribution in [-0.4, -0.2) is 35.9 Å². The molecule has 0 radical (unpaired) electrons. The summed E-state index contributed by atoms with van der Waals surface area (Å²) in [6.45, 7) is 5.38. The largest absolute Gasteiger partial charge is 0.345 e. The highest BCUT2D eigenvalue weighted by molar-refractivity contribution is 5.78. The van der Waals surface area contributed by atoms with Gasteiger partial charge in [0.15, 0.2) is 0 Å². The normalized spacial score (nSPS) is 12.5. The summed E-state index contributed by atoms with van der Waals surface area (Å²) < 4.78 is 0. The van der Waals surface area contributed by atoms with Gasteiger partial charge < -0.3 is 10.6 Å². The lowest BCUT2D eigenvalue weighted by atomic mass is 9.96. The van der Waals surface area contributed by atoms with Crippen LogP contribution in [0, 0.1) is 11.8 Å². The molecule has 0 aliphatic heterocycles. The Bertz CT molecular complexity index is 378. The van der Waals surface area contributed by atoms with Gasteiger partial charge in [-0.25, -0.2) is 0 Å². The van der Waals surface area contributed by atoms with Gasteiger partial charge in [-0.2, -0.15) is 0 Å². The van der Waals surface area contributed by atoms with Crippen LogP contribution in [0.2, 0.25) is 0 Å². The van der Waals surface area contributed by atoms with Crippen molar-refractivity contribution in [3.05, 3.63) is 30.1 Å². The highest BCUT2D eigenvalue weighted by Gasteiger charge is 2.21. The minimum atomic E-state index is -0.0533. The van der Waals surface area contributed by atoms with Crippen LogP contribution in [0.1, 0.15) is 25.8 Å². The lowest BCUT2D eigenvalue weighted by molar-refractivity contribution is -0.134. The molecule has 1 atom stereocenters. The van der Waals surface area contributed by atoms with Crippen molar-refractivity contribution in [3.8, 4) is 0 Å². The van der Waals surface area contributed by atoms with Crippen LogP contribution in [0.15, 0.2) is 24.5 Å². The maximum Gasteiger partial charge on any atom is 0.226 e. The summed E-state index contributed by atoms with van der Waals surface area (Å²) in [5.74, 6) is 0.596. The third kappa shape index (κ3) is 5.39. The van der Waals surface area contributed by atoms with E-state index in [0.717, 1.165) is 19.4 Å². The lowest BCUT2D eigenvalue weighted by Crippen LogP contribution is -2.38. The number of nitrogens with two attached hydrogens (primary N) is 1. The van der Waals surface area contributed by atoms with Crippen molar-refractivity contribution < 1.29 is 4.79 Å². The first-order valence-electron chi connectivity index (χ1n) is 6.88. The van der Waals surface area contributed by atoms with Gasteiger partial charge in [0.05, 0.1) is 5.92 Å². The zero-order valence-corrected chi connectivity index (χ0v) is 12.2. The van der Waals surface area contributed by atoms with Crippen LogP contribution in [0.5, 0.6) is 0 Å². The molecular formula is C15H25N3O. The Morgan fingerprint density at radius 2 is 2.00 bits per heavy atom. The molecule has 0 aliphatic carbocycles. The number of aromatic nitrogens is 1. The molecule has 2 N–H and O–H groups in total. The molecule has 106 valence electrons. The highest BCUT2D eigenvalue weighted by Crippen LogP contribution is 2.13. The predicted octanol–water partition coefficient (Wildman–Crippen LogP) is 1.70. The first-order chi connectivity index (χ1) is 9.04. The van der Waals surface area contributed by atoms with Crippen LogP contribution >= 0.6 is 0 Å². The van der Waals surface area contributed by atoms with Gasteiger partial charge in [-0.05, 0) is 36.5 Å². The van der Waals surface area contributed by atoms with Gasteiger partial charge in [-0.15, -0.1) is 0 Å². The maximum atomic E-state index is 12.3. The fraction of sp³-hybridized carbons (Fsp3) is 0.600. The van der Waals surface area contributed by atoms with Crippen LogP contribution in [0.4, 0.5) is 0 Å². The van der Waals surface area contributed by atoms with E-state index in [-0.39, 0.29) is 11.8 Å². The molecule has 0 aromatic carbocycles. The van der Waals surface area contributed by atoms with Crippen molar-refractivity contribution >= 4 is 5.91 Å². The summed E-state index contributed by atoms with van der Waals surface area (Å²) in [5, 5.41) is 0. The topological polar surface area (TPSA) is 59.2 Å². The van der Waals surface area contributed by atoms with E-state index in [0.29, 0.717) is 12.5 Å². The van der Waals surface area contributed by atoms with Gasteiger partial charge in [-0.3, -0.25) is 9.78 Å². The molecule has 1 amide bonds. The number of hydrogen-bond acceptors (Lipinski definition) is 3. The molecule has 1 rings (SSSR count). The van der Waals surface area contributed by atoms with Gasteiger partial charge in [0.2, 0.25) is 5.91 Å². The Kier molecular flexibility index (Phi) is 6.50. The quantitative estimate of drug-likeness (QED) is 0.814. The highest BCUT2D eigenvalue weighted by atomic mass is 16.2. The van der Waals surface area contributed by atoms with Crippen LogP contribution in [-0.2, 0) is 11.2 Å². The van der Waals surface area contributed by atoms with E-state index >= 15 is 0 Å². The van der Waals surface area contributed by atoms with Crippen molar-refractivity contribution in [3.63, 3.8) is 0 Å². The first-order valence-corrected chi connectivity index (χ1v) is 6.88. The predicted molar refractivity (Wildman–Crippen MR) is 77.6 cm³/mol. The van der Waals surface area contributed by atoms with Crippen LogP contribution < -0.4 is 5.73 Å². The summed E-state index contributed by atoms with van der Waals surface area (Å²) in [4.78, 5) is 18.0. The minimum Gasteiger partial charge on any atom is -0.345 e. The average Bonchev–Trinajstić information content (AvgIpc) is 2.42. The van der Waals surface area contributed by atoms with E-state index in [9.17, 15) is 4.79 Å². The molecule has 1 unspecified atom stereocenters. The van der Waals surface area contributed by atoms with Crippen molar-refractivity contribution in [2.45, 2.75) is 26.7 Å². The monoisotopic (exact) mass is 263 g/mol. The zero-order valence-electron chi connectivity index (χ0n) is 12.2. The van der Waals surface area contributed by atoms with Gasteiger partial charge in [0.25, 0.3) is 0 Å². The molecule has 0 spiro atoms. The fourth-order valence-corrected chi connectivity index (χ4v) is 2.14. The zero-order chi connectivity index (χ0) is 14.3. The molecule has 0 aliphatic rings. The standard InChI is InChI=1S/C15H25N3O/c1-12(2)10-14(11-16)15(19)18(3)9-6-13-4-7-17-8-5-13/h4-5,7-8,12,14H,6,9-11,16H2,1-3H3. The summed E-state index contributed by atoms with van der Waals surface area (Å²) >= 11 is 0. The smallest absolute Gasteiger partial charge is 0.226 e. The Morgan fingerprint density at radius 3 is 2.53 bits per heavy atom. The van der Waals surface area contributed by atoms with Gasteiger partial charge in [0.1, 0.15) is 0 Å². The summed E-state index contributed by atoms with van der Waals surface area (Å²) in [5.41, 5.74) is 6.91. The number of amides is 1. The molecule has 1 heterocycles. The molecule has 4 nitrogen and oxygen atoms in total. The Labute approximate surface area is 116 Å². The fourth-order valence-electron chi connectivity index (χ4n) is 2.14. The summed E-state index contributed by atoms with van der Waals surface area (Å²) in [7, 11) is 1.85. The van der Waals surface area contributed by atoms with E-state index in [4.69, 9.17) is 5.73 Å². The van der Waals surface area contributed by atoms with E-state index < -0.39 is 0 Å². The summed E-state index contributed by atoms with van der Waals surface area (Å²) in [6.07, 6.45) is 5.26. The van der Waals surface area contributed by atoms with Crippen LogP contribution in [0.25, 0.3) is 0 Å². The molecule has 0 saturated heterocycles. The maximum absolute atomic E-state index is 12.3. The van der Waals surface area contributed by atoms with Crippen LogP contribution in [0.3, 0.4) is 0 Å². The van der Waals surface area contributed by atoms with E-state index in [1.807, 2.05) is 19.2 Å². The molecule has 0 saturated carbocycles. The number of carbonyl (C=O) groups excluding carboxylic acids is 1. The number of carbonyl (C=O) groups is 1. The third-order valence-corrected chi connectivity index (χ3v) is 3.25.